The average molecular weight is 552 g/mol. The highest BCUT2D eigenvalue weighted by molar-refractivity contribution is 7.89. The van der Waals surface area contributed by atoms with Crippen LogP contribution in [0.5, 0.6) is 0 Å². The zero-order valence-electron chi connectivity index (χ0n) is 22.4. The zero-order chi connectivity index (χ0) is 26.9. The minimum absolute atomic E-state index is 0.112. The highest BCUT2D eigenvalue weighted by atomic mass is 32.2. The van der Waals surface area contributed by atoms with E-state index in [9.17, 15) is 13.2 Å². The third-order valence-electron chi connectivity index (χ3n) is 8.53. The summed E-state index contributed by atoms with van der Waals surface area (Å²) < 4.78 is 34.3. The molecule has 2 aromatic carbocycles. The van der Waals surface area contributed by atoms with E-state index in [1.54, 1.807) is 16.4 Å². The molecule has 202 valence electrons. The van der Waals surface area contributed by atoms with Gasteiger partial charge in [0.05, 0.1) is 12.0 Å². The van der Waals surface area contributed by atoms with Gasteiger partial charge in [0.1, 0.15) is 4.88 Å². The molecule has 2 unspecified atom stereocenters. The maximum Gasteiger partial charge on any atom is 0.348 e. The summed E-state index contributed by atoms with van der Waals surface area (Å²) in [5.74, 6) is 1.09. The second kappa shape index (κ2) is 11.3. The lowest BCUT2D eigenvalue weighted by molar-refractivity contribution is 0.0601. The lowest BCUT2D eigenvalue weighted by Gasteiger charge is -2.44. The number of esters is 1. The van der Waals surface area contributed by atoms with Crippen molar-refractivity contribution in [3.8, 4) is 10.4 Å². The molecule has 7 heteroatoms. The van der Waals surface area contributed by atoms with E-state index in [1.165, 1.54) is 31.3 Å². The molecule has 3 aromatic rings. The van der Waals surface area contributed by atoms with E-state index in [-0.39, 0.29) is 17.8 Å². The van der Waals surface area contributed by atoms with Gasteiger partial charge in [-0.3, -0.25) is 0 Å². The van der Waals surface area contributed by atoms with Gasteiger partial charge in [-0.05, 0) is 79.2 Å². The lowest BCUT2D eigenvalue weighted by atomic mass is 9.68. The molecule has 38 heavy (non-hydrogen) atoms. The molecule has 2 atom stereocenters. The van der Waals surface area contributed by atoms with Crippen molar-refractivity contribution in [3.63, 3.8) is 0 Å². The molecular formula is C31H37NO4S2. The first-order chi connectivity index (χ1) is 18.3. The van der Waals surface area contributed by atoms with Gasteiger partial charge in [-0.1, -0.05) is 67.8 Å². The summed E-state index contributed by atoms with van der Waals surface area (Å²) in [6.45, 7) is 5.20. The van der Waals surface area contributed by atoms with Gasteiger partial charge in [0, 0.05) is 18.0 Å². The second-order valence-corrected chi connectivity index (χ2v) is 14.0. The maximum atomic E-state index is 13.7. The number of aryl methyl sites for hydroxylation is 1. The van der Waals surface area contributed by atoms with Gasteiger partial charge in [-0.2, -0.15) is 4.31 Å². The van der Waals surface area contributed by atoms with E-state index in [2.05, 4.69) is 25.1 Å². The molecule has 1 aromatic heterocycles. The summed E-state index contributed by atoms with van der Waals surface area (Å²) in [5.41, 5.74) is 3.15. The third kappa shape index (κ3) is 5.47. The van der Waals surface area contributed by atoms with Crippen LogP contribution in [0.4, 0.5) is 0 Å². The van der Waals surface area contributed by atoms with Crippen molar-refractivity contribution in [1.29, 1.82) is 0 Å². The van der Waals surface area contributed by atoms with Crippen LogP contribution in [0.3, 0.4) is 0 Å². The average Bonchev–Trinajstić information content (AvgIpc) is 3.39. The number of methoxy groups -OCH3 is 1. The van der Waals surface area contributed by atoms with Gasteiger partial charge >= 0.3 is 5.97 Å². The van der Waals surface area contributed by atoms with E-state index in [4.69, 9.17) is 4.74 Å². The molecule has 1 aliphatic heterocycles. The quantitative estimate of drug-likeness (QED) is 0.306. The van der Waals surface area contributed by atoms with Crippen molar-refractivity contribution in [2.75, 3.05) is 20.2 Å². The van der Waals surface area contributed by atoms with Crippen molar-refractivity contribution in [3.05, 3.63) is 76.7 Å². The van der Waals surface area contributed by atoms with Gasteiger partial charge in [-0.15, -0.1) is 11.3 Å². The molecule has 2 heterocycles. The van der Waals surface area contributed by atoms with E-state index in [1.807, 2.05) is 37.3 Å². The maximum absolute atomic E-state index is 13.7. The predicted molar refractivity (Wildman–Crippen MR) is 153 cm³/mol. The molecule has 5 rings (SSSR count). The number of nitrogens with zero attached hydrogens (tertiary/aromatic N) is 1. The summed E-state index contributed by atoms with van der Waals surface area (Å²) in [7, 11) is -2.16. The fourth-order valence-electron chi connectivity index (χ4n) is 6.28. The van der Waals surface area contributed by atoms with Crippen molar-refractivity contribution < 1.29 is 17.9 Å². The summed E-state index contributed by atoms with van der Waals surface area (Å²) in [6.07, 6.45) is 5.23. The van der Waals surface area contributed by atoms with Gasteiger partial charge in [0.15, 0.2) is 0 Å². The van der Waals surface area contributed by atoms with Crippen LogP contribution >= 0.6 is 11.3 Å². The molecule has 0 N–H and O–H groups in total. The Morgan fingerprint density at radius 3 is 2.32 bits per heavy atom. The summed E-state index contributed by atoms with van der Waals surface area (Å²) in [4.78, 5) is 15.0. The van der Waals surface area contributed by atoms with Crippen LogP contribution in [0.1, 0.15) is 65.7 Å². The Hall–Kier alpha value is -2.48. The van der Waals surface area contributed by atoms with Crippen molar-refractivity contribution in [2.24, 2.45) is 17.8 Å². The molecule has 1 aliphatic carbocycles. The van der Waals surface area contributed by atoms with E-state index < -0.39 is 10.0 Å². The fraction of sp³-hybridized carbons (Fsp3) is 0.452. The van der Waals surface area contributed by atoms with Gasteiger partial charge < -0.3 is 4.74 Å². The number of sulfonamides is 1. The Bertz CT molecular complexity index is 1360. The minimum atomic E-state index is -3.59. The first kappa shape index (κ1) is 27.1. The van der Waals surface area contributed by atoms with Crippen LogP contribution in [0.25, 0.3) is 10.4 Å². The SMILES string of the molecule is COC(=O)c1sc(-c2ccccc2)cc1C1CCN(S(=O)(=O)c2ccc(C)cc2)CC1C1CCC(C)CC1. The number of hydrogen-bond acceptors (Lipinski definition) is 5. The van der Waals surface area contributed by atoms with E-state index in [0.717, 1.165) is 34.4 Å². The molecule has 2 fully saturated rings. The largest absolute Gasteiger partial charge is 0.465 e. The number of ether oxygens (including phenoxy) is 1. The molecular weight excluding hydrogens is 514 g/mol. The predicted octanol–water partition coefficient (Wildman–Crippen LogP) is 7.13. The summed E-state index contributed by atoms with van der Waals surface area (Å²) >= 11 is 1.49. The Labute approximate surface area is 230 Å². The molecule has 1 saturated carbocycles. The highest BCUT2D eigenvalue weighted by Gasteiger charge is 2.42. The number of thiophene rings is 1. The molecule has 1 saturated heterocycles. The fourth-order valence-corrected chi connectivity index (χ4v) is 8.93. The van der Waals surface area contributed by atoms with Crippen molar-refractivity contribution in [2.45, 2.75) is 56.8 Å². The molecule has 2 aliphatic rings. The molecule has 0 amide bonds. The Morgan fingerprint density at radius 2 is 1.66 bits per heavy atom. The standard InChI is InChI=1S/C31H37NO4S2/c1-21-9-13-23(14-10-21)28-20-32(38(34,35)25-15-11-22(2)12-16-25)18-17-26(28)27-19-29(24-7-5-4-6-8-24)37-30(27)31(33)36-3/h4-8,11-12,15-16,19,21,23,26,28H,9-10,13-14,17-18,20H2,1-3H3. The van der Waals surface area contributed by atoms with Crippen molar-refractivity contribution >= 4 is 27.3 Å². The Kier molecular flexibility index (Phi) is 8.08. The molecule has 0 radical (unpaired) electrons. The van der Waals surface area contributed by atoms with Crippen LogP contribution in [-0.4, -0.2) is 38.9 Å². The van der Waals surface area contributed by atoms with Gasteiger partial charge in [-0.25, -0.2) is 13.2 Å². The molecule has 0 bridgehead atoms. The first-order valence-electron chi connectivity index (χ1n) is 13.6. The van der Waals surface area contributed by atoms with Crippen LogP contribution in [-0.2, 0) is 14.8 Å². The summed E-state index contributed by atoms with van der Waals surface area (Å²) in [5, 5.41) is 0. The van der Waals surface area contributed by atoms with Crippen LogP contribution < -0.4 is 0 Å². The van der Waals surface area contributed by atoms with Gasteiger partial charge in [0.25, 0.3) is 0 Å². The van der Waals surface area contributed by atoms with E-state index in [0.29, 0.717) is 41.1 Å². The number of piperidine rings is 1. The van der Waals surface area contributed by atoms with Crippen LogP contribution in [0.15, 0.2) is 65.6 Å². The van der Waals surface area contributed by atoms with Crippen molar-refractivity contribution in [1.82, 2.24) is 4.31 Å². The smallest absolute Gasteiger partial charge is 0.348 e. The number of hydrogen-bond donors (Lipinski definition) is 0. The number of benzene rings is 2. The molecule has 5 nitrogen and oxygen atoms in total. The van der Waals surface area contributed by atoms with Gasteiger partial charge in [0.2, 0.25) is 10.0 Å². The second-order valence-electron chi connectivity index (χ2n) is 11.0. The zero-order valence-corrected chi connectivity index (χ0v) is 24.1. The highest BCUT2D eigenvalue weighted by Crippen LogP contribution is 2.48. The lowest BCUT2D eigenvalue weighted by Crippen LogP contribution is -2.46. The number of carbonyl (C=O) groups excluding carboxylic acids is 1. The van der Waals surface area contributed by atoms with Crippen LogP contribution in [0, 0.1) is 24.7 Å². The van der Waals surface area contributed by atoms with Crippen LogP contribution in [0.2, 0.25) is 0 Å². The topological polar surface area (TPSA) is 63.7 Å². The summed E-state index contributed by atoms with van der Waals surface area (Å²) in [6, 6.07) is 19.4. The first-order valence-corrected chi connectivity index (χ1v) is 15.9. The van der Waals surface area contributed by atoms with E-state index >= 15 is 0 Å². The normalized spacial score (nSPS) is 24.7. The molecule has 0 spiro atoms. The number of carbonyl (C=O) groups is 1. The number of rotatable bonds is 6. The third-order valence-corrected chi connectivity index (χ3v) is 11.6. The Morgan fingerprint density at radius 1 is 0.974 bits per heavy atom. The monoisotopic (exact) mass is 551 g/mol. The minimum Gasteiger partial charge on any atom is -0.465 e. The Balaban J connectivity index is 1.52.